The molecular formula is C21H22N4O5S2. The highest BCUT2D eigenvalue weighted by molar-refractivity contribution is 7.89. The first-order valence-electron chi connectivity index (χ1n) is 10.5. The number of piperidine rings is 1. The number of carbonyl (C=O) groups excluding carboxylic acids is 1. The second kappa shape index (κ2) is 8.30. The number of anilines is 1. The van der Waals surface area contributed by atoms with Gasteiger partial charge in [-0.3, -0.25) is 9.32 Å². The summed E-state index contributed by atoms with van der Waals surface area (Å²) in [5.74, 6) is -0.650. The summed E-state index contributed by atoms with van der Waals surface area (Å²) in [6.45, 7) is 1.31. The van der Waals surface area contributed by atoms with Crippen LogP contribution >= 0.6 is 11.3 Å². The zero-order valence-corrected chi connectivity index (χ0v) is 18.9. The van der Waals surface area contributed by atoms with Crippen molar-refractivity contribution < 1.29 is 17.7 Å². The second-order valence-electron chi connectivity index (χ2n) is 7.89. The Morgan fingerprint density at radius 3 is 2.69 bits per heavy atom. The van der Waals surface area contributed by atoms with E-state index in [2.05, 4.69) is 5.16 Å². The summed E-state index contributed by atoms with van der Waals surface area (Å²) in [6, 6.07) is 8.57. The van der Waals surface area contributed by atoms with Crippen molar-refractivity contribution in [3.63, 3.8) is 0 Å². The van der Waals surface area contributed by atoms with Crippen molar-refractivity contribution in [3.8, 4) is 10.7 Å². The number of fused-ring (bicyclic) bond motifs is 1. The van der Waals surface area contributed by atoms with Crippen molar-refractivity contribution in [2.45, 2.75) is 37.1 Å². The van der Waals surface area contributed by atoms with Crippen LogP contribution in [-0.4, -0.2) is 48.0 Å². The van der Waals surface area contributed by atoms with E-state index >= 15 is 0 Å². The van der Waals surface area contributed by atoms with Gasteiger partial charge in [0, 0.05) is 25.3 Å². The highest BCUT2D eigenvalue weighted by atomic mass is 32.2. The van der Waals surface area contributed by atoms with Gasteiger partial charge in [-0.2, -0.15) is 4.31 Å². The summed E-state index contributed by atoms with van der Waals surface area (Å²) in [5.41, 5.74) is 1.49. The van der Waals surface area contributed by atoms with Crippen LogP contribution in [0.5, 0.6) is 0 Å². The maximum Gasteiger partial charge on any atom is 0.442 e. The van der Waals surface area contributed by atoms with Crippen molar-refractivity contribution in [2.24, 2.45) is 0 Å². The fourth-order valence-corrected chi connectivity index (χ4v) is 6.55. The summed E-state index contributed by atoms with van der Waals surface area (Å²) in [7, 11) is -3.53. The second-order valence-corrected chi connectivity index (χ2v) is 10.8. The van der Waals surface area contributed by atoms with E-state index in [-0.39, 0.29) is 17.3 Å². The summed E-state index contributed by atoms with van der Waals surface area (Å²) >= 11 is 1.40. The third-order valence-corrected chi connectivity index (χ3v) is 8.68. The van der Waals surface area contributed by atoms with E-state index in [0.717, 1.165) is 29.7 Å². The first kappa shape index (κ1) is 21.1. The molecule has 0 atom stereocenters. The number of aromatic nitrogens is 2. The van der Waals surface area contributed by atoms with E-state index in [4.69, 9.17) is 4.52 Å². The molecule has 9 nitrogen and oxygen atoms in total. The van der Waals surface area contributed by atoms with Gasteiger partial charge in [-0.15, -0.1) is 11.3 Å². The number of sulfonamides is 1. The van der Waals surface area contributed by atoms with Crippen molar-refractivity contribution in [1.82, 2.24) is 14.0 Å². The number of benzene rings is 1. The van der Waals surface area contributed by atoms with Crippen molar-refractivity contribution in [2.75, 3.05) is 24.5 Å². The van der Waals surface area contributed by atoms with Crippen molar-refractivity contribution in [1.29, 1.82) is 0 Å². The molecule has 0 aliphatic carbocycles. The van der Waals surface area contributed by atoms with Gasteiger partial charge >= 0.3 is 5.76 Å². The Balaban J connectivity index is 1.38. The Labute approximate surface area is 188 Å². The maximum atomic E-state index is 13.1. The molecule has 1 saturated heterocycles. The Morgan fingerprint density at radius 2 is 1.94 bits per heavy atom. The molecule has 1 aromatic carbocycles. The zero-order chi connectivity index (χ0) is 22.3. The first-order valence-corrected chi connectivity index (χ1v) is 12.8. The van der Waals surface area contributed by atoms with Crippen LogP contribution in [0.25, 0.3) is 10.7 Å². The van der Waals surface area contributed by atoms with Gasteiger partial charge < -0.3 is 4.90 Å². The average molecular weight is 475 g/mol. The van der Waals surface area contributed by atoms with Crippen LogP contribution in [0.2, 0.25) is 0 Å². The fraction of sp³-hybridized carbons (Fsp3) is 0.381. The molecular weight excluding hydrogens is 452 g/mol. The lowest BCUT2D eigenvalue weighted by Gasteiger charge is -2.26. The molecule has 32 heavy (non-hydrogen) atoms. The number of hydrogen-bond acceptors (Lipinski definition) is 7. The monoisotopic (exact) mass is 474 g/mol. The van der Waals surface area contributed by atoms with E-state index in [0.29, 0.717) is 37.6 Å². The van der Waals surface area contributed by atoms with Crippen LogP contribution in [0.4, 0.5) is 5.69 Å². The largest absolute Gasteiger partial charge is 0.442 e. The number of thiophene rings is 1. The minimum Gasteiger partial charge on any atom is -0.310 e. The lowest BCUT2D eigenvalue weighted by atomic mass is 10.2. The molecule has 2 aliphatic rings. The molecule has 0 N–H and O–H groups in total. The molecule has 0 radical (unpaired) electrons. The van der Waals surface area contributed by atoms with Crippen LogP contribution < -0.4 is 10.7 Å². The number of nitrogens with zero attached hydrogens (tertiary/aromatic N) is 4. The van der Waals surface area contributed by atoms with Gasteiger partial charge in [0.1, 0.15) is 6.54 Å². The Hall–Kier alpha value is -2.76. The molecule has 0 spiro atoms. The molecule has 0 unspecified atom stereocenters. The maximum absolute atomic E-state index is 13.1. The third kappa shape index (κ3) is 3.70. The van der Waals surface area contributed by atoms with E-state index in [9.17, 15) is 18.0 Å². The number of hydrogen-bond donors (Lipinski definition) is 0. The van der Waals surface area contributed by atoms with Crippen LogP contribution in [0.1, 0.15) is 24.8 Å². The molecule has 2 aliphatic heterocycles. The fourth-order valence-electron chi connectivity index (χ4n) is 4.26. The summed E-state index contributed by atoms with van der Waals surface area (Å²) in [6.07, 6.45) is 3.36. The highest BCUT2D eigenvalue weighted by Gasteiger charge is 2.30. The van der Waals surface area contributed by atoms with E-state index in [1.54, 1.807) is 33.5 Å². The van der Waals surface area contributed by atoms with E-state index in [1.165, 1.54) is 15.9 Å². The number of carbonyl (C=O) groups is 1. The van der Waals surface area contributed by atoms with Gasteiger partial charge in [-0.1, -0.05) is 17.6 Å². The molecule has 1 amide bonds. The molecule has 168 valence electrons. The Morgan fingerprint density at radius 1 is 1.12 bits per heavy atom. The van der Waals surface area contributed by atoms with Gasteiger partial charge in [0.2, 0.25) is 15.9 Å². The average Bonchev–Trinajstić information content (AvgIpc) is 3.54. The third-order valence-electron chi connectivity index (χ3n) is 5.92. The highest BCUT2D eigenvalue weighted by Crippen LogP contribution is 2.32. The van der Waals surface area contributed by atoms with Gasteiger partial charge in [0.25, 0.3) is 0 Å². The van der Waals surface area contributed by atoms with Crippen molar-refractivity contribution >= 4 is 33.0 Å². The van der Waals surface area contributed by atoms with Crippen LogP contribution in [0.15, 0.2) is 49.9 Å². The molecule has 2 aromatic heterocycles. The van der Waals surface area contributed by atoms with Crippen molar-refractivity contribution in [3.05, 3.63) is 51.8 Å². The number of amides is 1. The zero-order valence-electron chi connectivity index (χ0n) is 17.3. The standard InChI is InChI=1S/C21H22N4O5S2/c26-19(14-25-20(22-30-21(25)27)18-5-4-12-31-18)24-11-8-15-13-16(6-7-17(15)24)32(28,29)23-9-2-1-3-10-23/h4-7,12-13H,1-3,8-11,14H2. The minimum atomic E-state index is -3.53. The van der Waals surface area contributed by atoms with Gasteiger partial charge in [-0.05, 0) is 54.5 Å². The molecule has 11 heteroatoms. The topological polar surface area (TPSA) is 106 Å². The van der Waals surface area contributed by atoms with Gasteiger partial charge in [0.05, 0.1) is 9.77 Å². The lowest BCUT2D eigenvalue weighted by molar-refractivity contribution is -0.119. The van der Waals surface area contributed by atoms with E-state index in [1.807, 2.05) is 11.4 Å². The summed E-state index contributed by atoms with van der Waals surface area (Å²) in [4.78, 5) is 27.8. The van der Waals surface area contributed by atoms with Gasteiger partial charge in [-0.25, -0.2) is 17.8 Å². The van der Waals surface area contributed by atoms with Crippen LogP contribution in [0, 0.1) is 0 Å². The molecule has 0 saturated carbocycles. The number of rotatable bonds is 5. The predicted molar refractivity (Wildman–Crippen MR) is 119 cm³/mol. The lowest BCUT2D eigenvalue weighted by Crippen LogP contribution is -2.35. The van der Waals surface area contributed by atoms with Gasteiger partial charge in [0.15, 0.2) is 5.82 Å². The smallest absolute Gasteiger partial charge is 0.310 e. The Bertz CT molecular complexity index is 1300. The molecule has 3 aromatic rings. The Kier molecular flexibility index (Phi) is 5.48. The predicted octanol–water partition coefficient (Wildman–Crippen LogP) is 2.33. The molecule has 1 fully saturated rings. The van der Waals surface area contributed by atoms with Crippen LogP contribution in [-0.2, 0) is 27.8 Å². The summed E-state index contributed by atoms with van der Waals surface area (Å²) in [5, 5.41) is 5.66. The minimum absolute atomic E-state index is 0.206. The normalized spacial score (nSPS) is 16.9. The molecule has 4 heterocycles. The molecule has 0 bridgehead atoms. The summed E-state index contributed by atoms with van der Waals surface area (Å²) < 4.78 is 33.5. The SMILES string of the molecule is O=C(Cn1c(-c2cccs2)noc1=O)N1CCc2cc(S(=O)(=O)N3CCCCC3)ccc21. The first-order chi connectivity index (χ1) is 15.4. The van der Waals surface area contributed by atoms with Crippen LogP contribution in [0.3, 0.4) is 0 Å². The molecule has 5 rings (SSSR count). The van der Waals surface area contributed by atoms with E-state index < -0.39 is 15.8 Å². The quantitative estimate of drug-likeness (QED) is 0.562.